The van der Waals surface area contributed by atoms with Crippen molar-refractivity contribution in [2.45, 2.75) is 30.3 Å². The van der Waals surface area contributed by atoms with Gasteiger partial charge >= 0.3 is 5.97 Å². The lowest BCUT2D eigenvalue weighted by atomic mass is 9.96. The SMILES string of the molecule is CS(=O)(=O)c1cccc(C[C@H](NC(=O)c2c(Cl)cc3c(c2Cl)CCN(C(=O)c2cc4ccccc4[nH]2)C3)C(=O)O)c1. The average molecular weight is 615 g/mol. The number of nitrogens with zero attached hydrogens (tertiary/aromatic N) is 1. The smallest absolute Gasteiger partial charge is 0.326 e. The molecule has 3 N–H and O–H groups in total. The number of nitrogens with one attached hydrogen (secondary N) is 2. The van der Waals surface area contributed by atoms with Gasteiger partial charge in [0.1, 0.15) is 11.7 Å². The zero-order valence-electron chi connectivity index (χ0n) is 21.8. The highest BCUT2D eigenvalue weighted by molar-refractivity contribution is 7.90. The first-order valence-corrected chi connectivity index (χ1v) is 15.3. The Bertz CT molecular complexity index is 1790. The lowest BCUT2D eigenvalue weighted by Gasteiger charge is -2.30. The van der Waals surface area contributed by atoms with Gasteiger partial charge in [-0.25, -0.2) is 13.2 Å². The number of hydrogen-bond acceptors (Lipinski definition) is 5. The van der Waals surface area contributed by atoms with Crippen molar-refractivity contribution in [3.63, 3.8) is 0 Å². The first kappa shape index (κ1) is 28.7. The summed E-state index contributed by atoms with van der Waals surface area (Å²) >= 11 is 13.1. The van der Waals surface area contributed by atoms with Crippen LogP contribution in [0.1, 0.15) is 37.5 Å². The first-order valence-electron chi connectivity index (χ1n) is 12.6. The maximum atomic E-state index is 13.2. The van der Waals surface area contributed by atoms with Crippen LogP contribution in [0.15, 0.2) is 65.6 Å². The van der Waals surface area contributed by atoms with E-state index in [4.69, 9.17) is 23.2 Å². The normalized spacial score (nSPS) is 14.0. The van der Waals surface area contributed by atoms with E-state index < -0.39 is 27.8 Å². The summed E-state index contributed by atoms with van der Waals surface area (Å²) < 4.78 is 23.8. The number of rotatable bonds is 7. The molecule has 9 nitrogen and oxygen atoms in total. The van der Waals surface area contributed by atoms with Gasteiger partial charge in [-0.1, -0.05) is 53.5 Å². The molecular weight excluding hydrogens is 589 g/mol. The third-order valence-electron chi connectivity index (χ3n) is 7.05. The standard InChI is InChI=1S/C29H25Cl2N3O6S/c1-41(39,40)19-7-4-5-16(11-19)12-24(29(37)38)33-27(35)25-21(30)13-18-15-34(10-9-20(18)26(25)31)28(36)23-14-17-6-2-3-8-22(17)32-23/h2-8,11,13-14,24,32H,9-10,12,15H2,1H3,(H,33,35)(H,37,38)/t24-/m0/s1. The molecule has 2 heterocycles. The van der Waals surface area contributed by atoms with Crippen molar-refractivity contribution < 1.29 is 27.9 Å². The molecule has 0 spiro atoms. The summed E-state index contributed by atoms with van der Waals surface area (Å²) in [5.41, 5.74) is 3.04. The number of carboxylic acid groups (broad SMARTS) is 1. The van der Waals surface area contributed by atoms with Crippen LogP contribution in [-0.2, 0) is 34.0 Å². The van der Waals surface area contributed by atoms with Crippen LogP contribution in [0.5, 0.6) is 0 Å². The van der Waals surface area contributed by atoms with Gasteiger partial charge in [0.2, 0.25) is 0 Å². The van der Waals surface area contributed by atoms with E-state index in [9.17, 15) is 27.9 Å². The molecule has 2 amide bonds. The number of halogens is 2. The highest BCUT2D eigenvalue weighted by Gasteiger charge is 2.30. The average Bonchev–Trinajstić information content (AvgIpc) is 3.36. The fraction of sp³-hybridized carbons (Fsp3) is 0.207. The van der Waals surface area contributed by atoms with Gasteiger partial charge in [-0.2, -0.15) is 0 Å². The number of para-hydroxylation sites is 1. The Hall–Kier alpha value is -3.86. The molecule has 1 aromatic heterocycles. The monoisotopic (exact) mass is 613 g/mol. The van der Waals surface area contributed by atoms with Crippen LogP contribution in [0.4, 0.5) is 0 Å². The molecule has 5 rings (SSSR count). The highest BCUT2D eigenvalue weighted by atomic mass is 35.5. The summed E-state index contributed by atoms with van der Waals surface area (Å²) in [7, 11) is -3.50. The van der Waals surface area contributed by atoms with Crippen LogP contribution in [0.25, 0.3) is 10.9 Å². The number of amides is 2. The van der Waals surface area contributed by atoms with E-state index in [1.165, 1.54) is 18.2 Å². The molecule has 0 bridgehead atoms. The number of aromatic amines is 1. The number of benzene rings is 3. The second-order valence-corrected chi connectivity index (χ2v) is 12.7. The minimum absolute atomic E-state index is 0.0226. The summed E-state index contributed by atoms with van der Waals surface area (Å²) in [6, 6.07) is 15.5. The molecule has 1 atom stereocenters. The molecule has 1 aliphatic rings. The summed E-state index contributed by atoms with van der Waals surface area (Å²) in [5.74, 6) is -2.25. The Morgan fingerprint density at radius 2 is 1.83 bits per heavy atom. The molecular formula is C29H25Cl2N3O6S. The molecule has 12 heteroatoms. The van der Waals surface area contributed by atoms with E-state index in [1.807, 2.05) is 24.3 Å². The van der Waals surface area contributed by atoms with Crippen molar-refractivity contribution in [2.75, 3.05) is 12.8 Å². The second-order valence-electron chi connectivity index (χ2n) is 9.92. The van der Waals surface area contributed by atoms with Crippen molar-refractivity contribution in [1.29, 1.82) is 0 Å². The molecule has 0 radical (unpaired) electrons. The number of carboxylic acids is 1. The number of aromatic nitrogens is 1. The number of H-pyrrole nitrogens is 1. The fourth-order valence-electron chi connectivity index (χ4n) is 4.96. The van der Waals surface area contributed by atoms with Gasteiger partial charge in [0.25, 0.3) is 11.8 Å². The molecule has 0 aliphatic carbocycles. The molecule has 4 aromatic rings. The van der Waals surface area contributed by atoms with Gasteiger partial charge in [-0.3, -0.25) is 9.59 Å². The maximum Gasteiger partial charge on any atom is 0.326 e. The zero-order valence-corrected chi connectivity index (χ0v) is 24.1. The van der Waals surface area contributed by atoms with Crippen molar-refractivity contribution in [1.82, 2.24) is 15.2 Å². The van der Waals surface area contributed by atoms with E-state index in [2.05, 4.69) is 10.3 Å². The third-order valence-corrected chi connectivity index (χ3v) is 8.87. The van der Waals surface area contributed by atoms with Crippen LogP contribution in [0.2, 0.25) is 10.0 Å². The zero-order chi connectivity index (χ0) is 29.5. The van der Waals surface area contributed by atoms with Crippen LogP contribution >= 0.6 is 23.2 Å². The number of fused-ring (bicyclic) bond motifs is 2. The Labute approximate surface area is 246 Å². The minimum atomic E-state index is -3.50. The van der Waals surface area contributed by atoms with E-state index in [1.54, 1.807) is 23.1 Å². The number of aliphatic carboxylic acids is 1. The Morgan fingerprint density at radius 1 is 1.07 bits per heavy atom. The van der Waals surface area contributed by atoms with Gasteiger partial charge in [-0.15, -0.1) is 0 Å². The van der Waals surface area contributed by atoms with Crippen molar-refractivity contribution in [3.8, 4) is 0 Å². The number of carbonyl (C=O) groups excluding carboxylic acids is 2. The highest BCUT2D eigenvalue weighted by Crippen LogP contribution is 2.35. The lowest BCUT2D eigenvalue weighted by Crippen LogP contribution is -2.42. The maximum absolute atomic E-state index is 13.2. The Balaban J connectivity index is 1.35. The van der Waals surface area contributed by atoms with Gasteiger partial charge < -0.3 is 20.3 Å². The first-order chi connectivity index (χ1) is 19.4. The van der Waals surface area contributed by atoms with Gasteiger partial charge in [0.05, 0.1) is 20.5 Å². The Morgan fingerprint density at radius 3 is 2.54 bits per heavy atom. The summed E-state index contributed by atoms with van der Waals surface area (Å²) in [6.07, 6.45) is 1.27. The Kier molecular flexibility index (Phi) is 7.83. The molecule has 0 fully saturated rings. The van der Waals surface area contributed by atoms with Crippen LogP contribution in [0.3, 0.4) is 0 Å². The largest absolute Gasteiger partial charge is 0.480 e. The molecule has 0 saturated heterocycles. The quantitative estimate of drug-likeness (QED) is 0.281. The minimum Gasteiger partial charge on any atom is -0.480 e. The van der Waals surface area contributed by atoms with Crippen molar-refractivity contribution in [3.05, 3.63) is 98.7 Å². The topological polar surface area (TPSA) is 137 Å². The molecule has 3 aromatic carbocycles. The third kappa shape index (κ3) is 5.95. The molecule has 0 unspecified atom stereocenters. The summed E-state index contributed by atoms with van der Waals surface area (Å²) in [4.78, 5) is 43.3. The second kappa shape index (κ2) is 11.2. The van der Waals surface area contributed by atoms with Crippen LogP contribution in [-0.4, -0.2) is 60.0 Å². The van der Waals surface area contributed by atoms with Gasteiger partial charge in [0, 0.05) is 36.7 Å². The van der Waals surface area contributed by atoms with Crippen molar-refractivity contribution >= 4 is 61.7 Å². The van der Waals surface area contributed by atoms with Crippen LogP contribution < -0.4 is 5.32 Å². The molecule has 41 heavy (non-hydrogen) atoms. The van der Waals surface area contributed by atoms with E-state index in [0.717, 1.165) is 17.2 Å². The lowest BCUT2D eigenvalue weighted by molar-refractivity contribution is -0.139. The predicted octanol–water partition coefficient (Wildman–Crippen LogP) is 4.50. The number of sulfone groups is 1. The summed E-state index contributed by atoms with van der Waals surface area (Å²) in [6.45, 7) is 0.595. The molecule has 1 aliphatic heterocycles. The fourth-order valence-corrected chi connectivity index (χ4v) is 6.42. The molecule has 212 valence electrons. The van der Waals surface area contributed by atoms with Crippen LogP contribution in [0, 0.1) is 0 Å². The van der Waals surface area contributed by atoms with E-state index in [0.29, 0.717) is 35.3 Å². The number of carbonyl (C=O) groups is 3. The summed E-state index contributed by atoms with van der Waals surface area (Å²) in [5, 5.41) is 13.3. The number of hydrogen-bond donors (Lipinski definition) is 3. The van der Waals surface area contributed by atoms with E-state index in [-0.39, 0.29) is 39.4 Å². The molecule has 0 saturated carbocycles. The predicted molar refractivity (Wildman–Crippen MR) is 155 cm³/mol. The van der Waals surface area contributed by atoms with E-state index >= 15 is 0 Å². The van der Waals surface area contributed by atoms with Crippen molar-refractivity contribution in [2.24, 2.45) is 0 Å². The van der Waals surface area contributed by atoms with Gasteiger partial charge in [0.15, 0.2) is 9.84 Å². The van der Waals surface area contributed by atoms with Gasteiger partial charge in [-0.05, 0) is 53.4 Å².